The van der Waals surface area contributed by atoms with Gasteiger partial charge in [-0.05, 0) is 48.1 Å². The molecule has 1 aromatic heterocycles. The normalized spacial score (nSPS) is 13.3. The number of esters is 1. The maximum atomic E-state index is 13.4. The summed E-state index contributed by atoms with van der Waals surface area (Å²) in [5.74, 6) is -0.929. The molecule has 0 unspecified atom stereocenters. The van der Waals surface area contributed by atoms with Crippen LogP contribution in [0, 0.1) is 5.92 Å². The van der Waals surface area contributed by atoms with E-state index in [0.717, 1.165) is 28.0 Å². The van der Waals surface area contributed by atoms with Crippen LogP contribution in [-0.4, -0.2) is 49.5 Å². The van der Waals surface area contributed by atoms with Gasteiger partial charge in [0, 0.05) is 18.5 Å². The Morgan fingerprint density at radius 2 is 1.74 bits per heavy atom. The van der Waals surface area contributed by atoms with Gasteiger partial charge in [0.1, 0.15) is 6.04 Å². The highest BCUT2D eigenvalue weighted by molar-refractivity contribution is 5.85. The third kappa shape index (κ3) is 6.74. The van der Waals surface area contributed by atoms with Crippen LogP contribution >= 0.6 is 0 Å². The highest BCUT2D eigenvalue weighted by Crippen LogP contribution is 2.30. The lowest BCUT2D eigenvalue weighted by Crippen LogP contribution is -2.48. The van der Waals surface area contributed by atoms with E-state index in [2.05, 4.69) is 20.6 Å². The number of hydrogen-bond donors (Lipinski definition) is 1. The molecule has 0 spiro atoms. The number of H-pyrrole nitrogens is 1. The molecule has 35 heavy (non-hydrogen) atoms. The number of carbonyl (C=O) groups excluding carboxylic acids is 2. The highest BCUT2D eigenvalue weighted by atomic mass is 16.5. The van der Waals surface area contributed by atoms with Crippen LogP contribution in [0.15, 0.2) is 48.5 Å². The molecule has 1 heterocycles. The second-order valence-electron chi connectivity index (χ2n) is 9.01. The van der Waals surface area contributed by atoms with Crippen molar-refractivity contribution in [2.75, 3.05) is 0 Å². The van der Waals surface area contributed by atoms with E-state index < -0.39 is 24.4 Å². The first-order valence-corrected chi connectivity index (χ1v) is 12.0. The van der Waals surface area contributed by atoms with Crippen LogP contribution in [0.2, 0.25) is 0 Å². The maximum Gasteiger partial charge on any atom is 0.329 e. The first-order valence-electron chi connectivity index (χ1n) is 13.0. The number of rotatable bonds is 11. The molecule has 8 heteroatoms. The quantitative estimate of drug-likeness (QED) is 0.387. The first-order chi connectivity index (χ1) is 17.6. The maximum absolute atomic E-state index is 13.4. The smallest absolute Gasteiger partial charge is 0.329 e. The van der Waals surface area contributed by atoms with Crippen molar-refractivity contribution in [3.63, 3.8) is 0 Å². The zero-order valence-corrected chi connectivity index (χ0v) is 21.0. The third-order valence-electron chi connectivity index (χ3n) is 5.47. The van der Waals surface area contributed by atoms with Gasteiger partial charge in [0.05, 0.1) is 8.85 Å². The topological polar surface area (TPSA) is 101 Å². The lowest BCUT2D eigenvalue weighted by atomic mass is 9.97. The van der Waals surface area contributed by atoms with E-state index in [0.29, 0.717) is 12.2 Å². The average molecular weight is 480 g/mol. The standard InChI is InChI=1S/C27H35N5O3/c1-6-7-12-24(33)32(25(18(2)3)27(34)35-19(4)5)17-20-13-15-21(16-14-20)22-10-8-9-11-23(22)26-28-30-31-29-26/h8-11,13-16,18-19,25H,6-7,12,17H2,1-5H3,(H,28,29,30,31)/t25-/m0/s1/i17D2. The van der Waals surface area contributed by atoms with Gasteiger partial charge in [-0.1, -0.05) is 75.7 Å². The van der Waals surface area contributed by atoms with Crippen molar-refractivity contribution in [3.8, 4) is 22.5 Å². The fourth-order valence-electron chi connectivity index (χ4n) is 3.78. The molecule has 0 aliphatic heterocycles. The van der Waals surface area contributed by atoms with Gasteiger partial charge in [0.2, 0.25) is 11.7 Å². The van der Waals surface area contributed by atoms with Crippen LogP contribution in [0.5, 0.6) is 0 Å². The largest absolute Gasteiger partial charge is 0.461 e. The first kappa shape index (κ1) is 23.2. The molecule has 0 saturated heterocycles. The van der Waals surface area contributed by atoms with E-state index in [1.807, 2.05) is 31.2 Å². The van der Waals surface area contributed by atoms with E-state index in [1.54, 1.807) is 52.0 Å². The average Bonchev–Trinajstić information content (AvgIpc) is 3.40. The number of tetrazole rings is 1. The number of aromatic nitrogens is 4. The minimum absolute atomic E-state index is 0.143. The van der Waals surface area contributed by atoms with E-state index >= 15 is 0 Å². The van der Waals surface area contributed by atoms with Crippen molar-refractivity contribution in [2.24, 2.45) is 5.92 Å². The summed E-state index contributed by atoms with van der Waals surface area (Å²) in [7, 11) is 0. The highest BCUT2D eigenvalue weighted by Gasteiger charge is 2.34. The Morgan fingerprint density at radius 1 is 1.06 bits per heavy atom. The van der Waals surface area contributed by atoms with Crippen molar-refractivity contribution in [1.29, 1.82) is 0 Å². The minimum atomic E-state index is -2.25. The molecule has 0 radical (unpaired) electrons. The van der Waals surface area contributed by atoms with Crippen LogP contribution < -0.4 is 0 Å². The van der Waals surface area contributed by atoms with Crippen molar-refractivity contribution in [3.05, 3.63) is 54.1 Å². The SMILES string of the molecule is [2H]C([2H])(c1ccc(-c2ccccc2-c2nn[nH]n2)cc1)N(C(=O)CCCC)[C@H](C(=O)OC(C)C)C(C)C. The molecule has 1 N–H and O–H groups in total. The van der Waals surface area contributed by atoms with Crippen LogP contribution in [-0.2, 0) is 20.8 Å². The number of nitrogens with one attached hydrogen (secondary N) is 1. The predicted molar refractivity (Wildman–Crippen MR) is 135 cm³/mol. The molecule has 0 aliphatic rings. The molecule has 0 saturated carbocycles. The number of amides is 1. The Bertz CT molecular complexity index is 1180. The fraction of sp³-hybridized carbons (Fsp3) is 0.444. The number of ether oxygens (including phenoxy) is 1. The molecule has 1 amide bonds. The molecule has 1 atom stereocenters. The molecule has 0 bridgehead atoms. The van der Waals surface area contributed by atoms with Crippen molar-refractivity contribution in [1.82, 2.24) is 25.5 Å². The summed E-state index contributed by atoms with van der Waals surface area (Å²) in [4.78, 5) is 27.5. The van der Waals surface area contributed by atoms with Gasteiger partial charge < -0.3 is 9.64 Å². The van der Waals surface area contributed by atoms with Gasteiger partial charge in [-0.3, -0.25) is 4.79 Å². The van der Waals surface area contributed by atoms with Crippen molar-refractivity contribution in [2.45, 2.75) is 72.5 Å². The van der Waals surface area contributed by atoms with E-state index in [-0.39, 0.29) is 24.0 Å². The van der Waals surface area contributed by atoms with Crippen LogP contribution in [0.4, 0.5) is 0 Å². The fourth-order valence-corrected chi connectivity index (χ4v) is 3.78. The number of unbranched alkanes of at least 4 members (excludes halogenated alkanes) is 1. The Labute approximate surface area is 209 Å². The van der Waals surface area contributed by atoms with E-state index in [1.165, 1.54) is 0 Å². The van der Waals surface area contributed by atoms with Crippen LogP contribution in [0.3, 0.4) is 0 Å². The van der Waals surface area contributed by atoms with Gasteiger partial charge >= 0.3 is 5.97 Å². The molecule has 3 aromatic rings. The summed E-state index contributed by atoms with van der Waals surface area (Å²) in [6, 6.07) is 13.4. The summed E-state index contributed by atoms with van der Waals surface area (Å²) >= 11 is 0. The Hall–Kier alpha value is -3.55. The molecule has 0 aliphatic carbocycles. The molecule has 186 valence electrons. The van der Waals surface area contributed by atoms with Gasteiger partial charge in [-0.2, -0.15) is 5.21 Å². The predicted octanol–water partition coefficient (Wildman–Crippen LogP) is 5.03. The minimum Gasteiger partial charge on any atom is -0.461 e. The summed E-state index contributed by atoms with van der Waals surface area (Å²) in [5.41, 5.74) is 2.72. The number of benzene rings is 2. The summed E-state index contributed by atoms with van der Waals surface area (Å²) in [6.07, 6.45) is 1.14. The summed E-state index contributed by atoms with van der Waals surface area (Å²) in [6.45, 7) is 6.77. The number of nitrogens with zero attached hydrogens (tertiary/aromatic N) is 4. The Morgan fingerprint density at radius 3 is 2.31 bits per heavy atom. The van der Waals surface area contributed by atoms with Crippen LogP contribution in [0.1, 0.15) is 62.2 Å². The Kier molecular flexibility index (Phi) is 8.11. The summed E-state index contributed by atoms with van der Waals surface area (Å²) in [5, 5.41) is 14.2. The molecule has 8 nitrogen and oxygen atoms in total. The zero-order chi connectivity index (χ0) is 27.2. The molecule has 0 fully saturated rings. The lowest BCUT2D eigenvalue weighted by Gasteiger charge is -2.33. The number of carbonyl (C=O) groups is 2. The lowest BCUT2D eigenvalue weighted by molar-refractivity contribution is -0.161. The number of aromatic amines is 1. The van der Waals surface area contributed by atoms with Crippen molar-refractivity contribution >= 4 is 11.9 Å². The van der Waals surface area contributed by atoms with Gasteiger partial charge in [-0.15, -0.1) is 10.2 Å². The second kappa shape index (κ2) is 12.2. The molecular formula is C27H35N5O3. The Balaban J connectivity index is 2.02. The van der Waals surface area contributed by atoms with Crippen LogP contribution in [0.25, 0.3) is 22.5 Å². The summed E-state index contributed by atoms with van der Waals surface area (Å²) < 4.78 is 23.6. The van der Waals surface area contributed by atoms with Gasteiger partial charge in [-0.25, -0.2) is 4.79 Å². The molecular weight excluding hydrogens is 442 g/mol. The van der Waals surface area contributed by atoms with Gasteiger partial charge in [0.15, 0.2) is 0 Å². The van der Waals surface area contributed by atoms with Gasteiger partial charge in [0.25, 0.3) is 0 Å². The van der Waals surface area contributed by atoms with E-state index in [4.69, 9.17) is 7.48 Å². The van der Waals surface area contributed by atoms with Crippen molar-refractivity contribution < 1.29 is 17.1 Å². The van der Waals surface area contributed by atoms with E-state index in [9.17, 15) is 9.59 Å². The molecule has 2 aromatic carbocycles. The number of hydrogen-bond acceptors (Lipinski definition) is 6. The molecule has 3 rings (SSSR count). The monoisotopic (exact) mass is 479 g/mol. The second-order valence-corrected chi connectivity index (χ2v) is 9.01. The third-order valence-corrected chi connectivity index (χ3v) is 5.47. The zero-order valence-electron chi connectivity index (χ0n) is 23.0.